The molecule has 0 spiro atoms. The number of piperidine rings is 1. The van der Waals surface area contributed by atoms with E-state index in [9.17, 15) is 18.0 Å². The maximum atomic E-state index is 12.3. The van der Waals surface area contributed by atoms with Crippen molar-refractivity contribution in [2.75, 3.05) is 26.2 Å². The van der Waals surface area contributed by atoms with Crippen molar-refractivity contribution in [1.82, 2.24) is 14.5 Å². The van der Waals surface area contributed by atoms with Crippen LogP contribution in [0.4, 0.5) is 13.2 Å². The Morgan fingerprint density at radius 2 is 1.91 bits per heavy atom. The van der Waals surface area contributed by atoms with E-state index in [1.807, 2.05) is 0 Å². The monoisotopic (exact) mass is 495 g/mol. The summed E-state index contributed by atoms with van der Waals surface area (Å²) in [6, 6.07) is 6.09. The molecule has 1 saturated carbocycles. The van der Waals surface area contributed by atoms with Gasteiger partial charge in [-0.1, -0.05) is 44.4 Å². The highest BCUT2D eigenvalue weighted by molar-refractivity contribution is 5.84. The highest BCUT2D eigenvalue weighted by Gasteiger charge is 2.52. The Bertz CT molecular complexity index is 975. The van der Waals surface area contributed by atoms with E-state index in [0.717, 1.165) is 23.9 Å². The van der Waals surface area contributed by atoms with Gasteiger partial charge in [0.25, 0.3) is 0 Å². The standard InChI is InChI=1S/C20H28F3N2O.C5H6N2O2/c1-19(2,3)7-8-25-12-17-16(18(17)13-25)11-24-10-14-5-4-6-15(9-14)26-20(21,22)23;1-7-2-4(5(8)9)6-3-7/h4-6,9,16-18H,7-8,10-13H2,1-3H3;2-3H,1H3,(H,8,9)/q-1;. The van der Waals surface area contributed by atoms with Gasteiger partial charge in [0.15, 0.2) is 5.69 Å². The summed E-state index contributed by atoms with van der Waals surface area (Å²) >= 11 is 0. The van der Waals surface area contributed by atoms with Gasteiger partial charge in [0.2, 0.25) is 0 Å². The van der Waals surface area contributed by atoms with Crippen LogP contribution in [0.2, 0.25) is 0 Å². The first kappa shape index (κ1) is 27.0. The molecule has 7 nitrogen and oxygen atoms in total. The Kier molecular flexibility index (Phi) is 8.48. The van der Waals surface area contributed by atoms with E-state index in [1.54, 1.807) is 23.7 Å². The fourth-order valence-electron chi connectivity index (χ4n) is 4.39. The van der Waals surface area contributed by atoms with Crippen molar-refractivity contribution in [3.05, 3.63) is 53.4 Å². The van der Waals surface area contributed by atoms with Crippen LogP contribution in [0, 0.1) is 23.2 Å². The van der Waals surface area contributed by atoms with Crippen LogP contribution in [0.1, 0.15) is 43.2 Å². The number of rotatable bonds is 8. The Balaban J connectivity index is 0.000000320. The van der Waals surface area contributed by atoms with Gasteiger partial charge in [0.1, 0.15) is 5.75 Å². The SMILES string of the molecule is CC(C)(C)CCN1CC2C(C[N-]Cc3cccc(OC(F)(F)F)c3)C2C1.Cn1cnc(C(=O)O)c1. The molecule has 1 aromatic carbocycles. The lowest BCUT2D eigenvalue weighted by Crippen LogP contribution is -2.28. The van der Waals surface area contributed by atoms with Crippen LogP contribution in [0.3, 0.4) is 0 Å². The summed E-state index contributed by atoms with van der Waals surface area (Å²) in [5.74, 6) is 1.02. The third kappa shape index (κ3) is 8.85. The number of carbonyl (C=O) groups is 1. The molecular formula is C25H34F3N4O3-. The number of alkyl halides is 3. The van der Waals surface area contributed by atoms with Crippen molar-refractivity contribution in [2.24, 2.45) is 30.2 Å². The summed E-state index contributed by atoms with van der Waals surface area (Å²) in [7, 11) is 1.72. The van der Waals surface area contributed by atoms with Gasteiger partial charge in [-0.25, -0.2) is 9.78 Å². The van der Waals surface area contributed by atoms with Crippen LogP contribution in [-0.4, -0.2) is 58.1 Å². The fraction of sp³-hybridized carbons (Fsp3) is 0.600. The number of carboxylic acid groups (broad SMARTS) is 1. The van der Waals surface area contributed by atoms with Gasteiger partial charge in [-0.05, 0) is 42.3 Å². The van der Waals surface area contributed by atoms with Gasteiger partial charge in [0, 0.05) is 26.3 Å². The quantitative estimate of drug-likeness (QED) is 0.545. The van der Waals surface area contributed by atoms with Crippen molar-refractivity contribution >= 4 is 5.97 Å². The number of imidazole rings is 1. The fourth-order valence-corrected chi connectivity index (χ4v) is 4.39. The number of benzene rings is 1. The summed E-state index contributed by atoms with van der Waals surface area (Å²) in [4.78, 5) is 16.3. The number of aromatic carboxylic acids is 1. The van der Waals surface area contributed by atoms with Gasteiger partial charge in [-0.3, -0.25) is 0 Å². The number of aromatic nitrogens is 2. The molecule has 2 unspecified atom stereocenters. The molecule has 1 N–H and O–H groups in total. The van der Waals surface area contributed by atoms with Gasteiger partial charge in [-0.2, -0.15) is 0 Å². The molecule has 35 heavy (non-hydrogen) atoms. The Labute approximate surface area is 204 Å². The van der Waals surface area contributed by atoms with Crippen molar-refractivity contribution in [1.29, 1.82) is 0 Å². The minimum absolute atomic E-state index is 0.0810. The van der Waals surface area contributed by atoms with E-state index >= 15 is 0 Å². The molecule has 194 valence electrons. The largest absolute Gasteiger partial charge is 0.658 e. The van der Waals surface area contributed by atoms with Crippen molar-refractivity contribution in [3.63, 3.8) is 0 Å². The summed E-state index contributed by atoms with van der Waals surface area (Å²) < 4.78 is 42.4. The van der Waals surface area contributed by atoms with E-state index in [0.29, 0.717) is 17.9 Å². The first-order chi connectivity index (χ1) is 16.3. The van der Waals surface area contributed by atoms with Gasteiger partial charge in [-0.15, -0.1) is 26.3 Å². The van der Waals surface area contributed by atoms with E-state index in [1.165, 1.54) is 50.7 Å². The van der Waals surface area contributed by atoms with Gasteiger partial charge >= 0.3 is 12.3 Å². The summed E-state index contributed by atoms with van der Waals surface area (Å²) in [6.45, 7) is 11.6. The average Bonchev–Trinajstić information content (AvgIpc) is 3.07. The second-order valence-electron chi connectivity index (χ2n) is 10.6. The Morgan fingerprint density at radius 3 is 2.43 bits per heavy atom. The maximum absolute atomic E-state index is 12.3. The molecule has 1 aliphatic heterocycles. The number of fused-ring (bicyclic) bond motifs is 1. The smallest absolute Gasteiger partial charge is 0.573 e. The second-order valence-corrected chi connectivity index (χ2v) is 10.6. The van der Waals surface area contributed by atoms with E-state index in [2.05, 4.69) is 40.7 Å². The molecule has 2 aliphatic rings. The molecule has 0 bridgehead atoms. The molecule has 1 aliphatic carbocycles. The summed E-state index contributed by atoms with van der Waals surface area (Å²) in [5.41, 5.74) is 1.22. The zero-order valence-corrected chi connectivity index (χ0v) is 20.6. The van der Waals surface area contributed by atoms with Crippen molar-refractivity contribution in [2.45, 2.75) is 40.1 Å². The number of carboxylic acids is 1. The summed E-state index contributed by atoms with van der Waals surface area (Å²) in [6.07, 6.45) is -0.538. The lowest BCUT2D eigenvalue weighted by atomic mass is 9.92. The van der Waals surface area contributed by atoms with Gasteiger partial charge < -0.3 is 24.6 Å². The molecule has 0 radical (unpaired) electrons. The third-order valence-corrected chi connectivity index (χ3v) is 6.32. The minimum Gasteiger partial charge on any atom is -0.658 e. The van der Waals surface area contributed by atoms with Crippen LogP contribution in [0.5, 0.6) is 5.75 Å². The molecule has 2 heterocycles. The number of hydrogen-bond acceptors (Lipinski definition) is 4. The Morgan fingerprint density at radius 1 is 1.23 bits per heavy atom. The topological polar surface area (TPSA) is 81.7 Å². The lowest BCUT2D eigenvalue weighted by molar-refractivity contribution is -0.274. The highest BCUT2D eigenvalue weighted by atomic mass is 19.4. The normalized spacial score (nSPS) is 21.7. The van der Waals surface area contributed by atoms with Crippen molar-refractivity contribution < 1.29 is 27.8 Å². The molecule has 1 saturated heterocycles. The molecule has 2 fully saturated rings. The predicted molar refractivity (Wildman–Crippen MR) is 126 cm³/mol. The molecule has 2 aromatic rings. The summed E-state index contributed by atoms with van der Waals surface area (Å²) in [5, 5.41) is 12.9. The van der Waals surface area contributed by atoms with Crippen LogP contribution in [-0.2, 0) is 13.6 Å². The van der Waals surface area contributed by atoms with Crippen LogP contribution in [0.25, 0.3) is 5.32 Å². The van der Waals surface area contributed by atoms with E-state index in [4.69, 9.17) is 5.11 Å². The predicted octanol–water partition coefficient (Wildman–Crippen LogP) is 5.19. The number of likely N-dealkylation sites (tertiary alicyclic amines) is 1. The van der Waals surface area contributed by atoms with E-state index < -0.39 is 12.3 Å². The minimum atomic E-state index is -4.65. The van der Waals surface area contributed by atoms with Crippen LogP contribution >= 0.6 is 0 Å². The number of hydrogen-bond donors (Lipinski definition) is 1. The molecule has 10 heteroatoms. The number of aryl methyl sites for hydroxylation is 1. The Hall–Kier alpha value is -2.59. The molecule has 2 atom stereocenters. The number of halogens is 3. The molecule has 1 aromatic heterocycles. The van der Waals surface area contributed by atoms with Crippen LogP contribution in [0.15, 0.2) is 36.8 Å². The maximum Gasteiger partial charge on any atom is 0.573 e. The van der Waals surface area contributed by atoms with Crippen LogP contribution < -0.4 is 4.74 Å². The third-order valence-electron chi connectivity index (χ3n) is 6.32. The molecule has 4 rings (SSSR count). The zero-order chi connectivity index (χ0) is 25.8. The number of nitrogens with zero attached hydrogens (tertiary/aromatic N) is 4. The molecular weight excluding hydrogens is 461 g/mol. The lowest BCUT2D eigenvalue weighted by Gasteiger charge is -2.26. The van der Waals surface area contributed by atoms with Crippen molar-refractivity contribution in [3.8, 4) is 5.75 Å². The van der Waals surface area contributed by atoms with Gasteiger partial charge in [0.05, 0.1) is 6.33 Å². The van der Waals surface area contributed by atoms with E-state index in [-0.39, 0.29) is 11.4 Å². The first-order valence-electron chi connectivity index (χ1n) is 11.7. The highest BCUT2D eigenvalue weighted by Crippen LogP contribution is 2.52. The first-order valence-corrected chi connectivity index (χ1v) is 11.7. The average molecular weight is 496 g/mol. The second kappa shape index (κ2) is 11.0. The zero-order valence-electron chi connectivity index (χ0n) is 20.6. The number of ether oxygens (including phenoxy) is 1. The molecule has 0 amide bonds.